The highest BCUT2D eigenvalue weighted by molar-refractivity contribution is 7.20. The van der Waals surface area contributed by atoms with Crippen LogP contribution >= 0.6 is 11.3 Å². The Morgan fingerprint density at radius 3 is 2.94 bits per heavy atom. The van der Waals surface area contributed by atoms with Crippen molar-refractivity contribution in [3.63, 3.8) is 0 Å². The van der Waals surface area contributed by atoms with Gasteiger partial charge in [0.1, 0.15) is 4.88 Å². The lowest BCUT2D eigenvalue weighted by Crippen LogP contribution is -1.96. The van der Waals surface area contributed by atoms with Crippen molar-refractivity contribution in [3.05, 3.63) is 40.8 Å². The van der Waals surface area contributed by atoms with Crippen molar-refractivity contribution >= 4 is 33.5 Å². The quantitative estimate of drug-likeness (QED) is 0.762. The van der Waals surface area contributed by atoms with Gasteiger partial charge in [-0.2, -0.15) is 0 Å². The molecule has 0 spiro atoms. The molecule has 0 fully saturated rings. The largest absolute Gasteiger partial charge is 0.465 e. The first-order chi connectivity index (χ1) is 8.24. The fourth-order valence-corrected chi connectivity index (χ4v) is 2.58. The number of hydrogen-bond donors (Lipinski definition) is 0. The second kappa shape index (κ2) is 5.15. The van der Waals surface area contributed by atoms with Gasteiger partial charge in [0.15, 0.2) is 0 Å². The monoisotopic (exact) mass is 246 g/mol. The molecule has 0 amide bonds. The fraction of sp³-hybridized carbons (Fsp3) is 0.214. The molecule has 0 aliphatic carbocycles. The minimum Gasteiger partial charge on any atom is -0.465 e. The second-order valence-corrected chi connectivity index (χ2v) is 4.79. The molecule has 0 bridgehead atoms. The maximum absolute atomic E-state index is 11.4. The number of carbonyl (C=O) groups is 1. The summed E-state index contributed by atoms with van der Waals surface area (Å²) < 4.78 is 5.83. The standard InChI is InChI=1S/C14H14O2S/c1-3-4-5-10-6-7-12-11(8-10)9-13(17-12)14(15)16-2/h4-9H,3H2,1-2H3/b5-4+. The average molecular weight is 246 g/mol. The zero-order valence-electron chi connectivity index (χ0n) is 9.90. The highest BCUT2D eigenvalue weighted by Gasteiger charge is 2.09. The van der Waals surface area contributed by atoms with Gasteiger partial charge in [-0.25, -0.2) is 4.79 Å². The van der Waals surface area contributed by atoms with Crippen LogP contribution < -0.4 is 0 Å². The molecule has 0 atom stereocenters. The van der Waals surface area contributed by atoms with E-state index in [2.05, 4.69) is 31.2 Å². The molecule has 3 heteroatoms. The number of thiophene rings is 1. The number of ether oxygens (including phenoxy) is 1. The summed E-state index contributed by atoms with van der Waals surface area (Å²) in [6.07, 6.45) is 5.23. The minimum atomic E-state index is -0.267. The summed E-state index contributed by atoms with van der Waals surface area (Å²) in [7, 11) is 1.40. The first kappa shape index (κ1) is 11.9. The molecule has 1 heterocycles. The van der Waals surface area contributed by atoms with E-state index in [0.29, 0.717) is 4.88 Å². The van der Waals surface area contributed by atoms with Gasteiger partial charge in [-0.05, 0) is 35.6 Å². The Morgan fingerprint density at radius 2 is 2.24 bits per heavy atom. The molecule has 88 valence electrons. The van der Waals surface area contributed by atoms with Crippen LogP contribution in [0.3, 0.4) is 0 Å². The first-order valence-corrected chi connectivity index (χ1v) is 6.34. The first-order valence-electron chi connectivity index (χ1n) is 5.53. The van der Waals surface area contributed by atoms with Crippen molar-refractivity contribution in [3.8, 4) is 0 Å². The lowest BCUT2D eigenvalue weighted by molar-refractivity contribution is 0.0606. The summed E-state index contributed by atoms with van der Waals surface area (Å²) >= 11 is 1.46. The van der Waals surface area contributed by atoms with Crippen molar-refractivity contribution in [1.82, 2.24) is 0 Å². The number of fused-ring (bicyclic) bond motifs is 1. The second-order valence-electron chi connectivity index (χ2n) is 3.71. The van der Waals surface area contributed by atoms with E-state index in [4.69, 9.17) is 4.74 Å². The lowest BCUT2D eigenvalue weighted by Gasteiger charge is -1.93. The van der Waals surface area contributed by atoms with Gasteiger partial charge in [0.25, 0.3) is 0 Å². The van der Waals surface area contributed by atoms with Crippen LogP contribution in [-0.4, -0.2) is 13.1 Å². The smallest absolute Gasteiger partial charge is 0.348 e. The number of methoxy groups -OCH3 is 1. The number of allylic oxidation sites excluding steroid dienone is 1. The number of rotatable bonds is 3. The van der Waals surface area contributed by atoms with Gasteiger partial charge in [-0.1, -0.05) is 25.1 Å². The van der Waals surface area contributed by atoms with E-state index in [0.717, 1.165) is 22.1 Å². The molecule has 2 rings (SSSR count). The van der Waals surface area contributed by atoms with Gasteiger partial charge >= 0.3 is 5.97 Å². The highest BCUT2D eigenvalue weighted by Crippen LogP contribution is 2.27. The van der Waals surface area contributed by atoms with Crippen LogP contribution in [-0.2, 0) is 4.74 Å². The third kappa shape index (κ3) is 2.56. The van der Waals surface area contributed by atoms with Crippen molar-refractivity contribution in [1.29, 1.82) is 0 Å². The minimum absolute atomic E-state index is 0.267. The zero-order valence-corrected chi connectivity index (χ0v) is 10.7. The van der Waals surface area contributed by atoms with E-state index in [-0.39, 0.29) is 5.97 Å². The molecule has 2 aromatic rings. The molecule has 17 heavy (non-hydrogen) atoms. The molecule has 0 saturated heterocycles. The third-order valence-electron chi connectivity index (χ3n) is 2.47. The number of hydrogen-bond acceptors (Lipinski definition) is 3. The average Bonchev–Trinajstić information content (AvgIpc) is 2.78. The maximum atomic E-state index is 11.4. The van der Waals surface area contributed by atoms with E-state index >= 15 is 0 Å². The van der Waals surface area contributed by atoms with Crippen LogP contribution in [0.4, 0.5) is 0 Å². The van der Waals surface area contributed by atoms with E-state index < -0.39 is 0 Å². The molecule has 0 radical (unpaired) electrons. The molecule has 1 aromatic heterocycles. The molecule has 1 aromatic carbocycles. The fourth-order valence-electron chi connectivity index (χ4n) is 1.62. The lowest BCUT2D eigenvalue weighted by atomic mass is 10.1. The van der Waals surface area contributed by atoms with Gasteiger partial charge in [0.2, 0.25) is 0 Å². The number of carbonyl (C=O) groups excluding carboxylic acids is 1. The van der Waals surface area contributed by atoms with Crippen molar-refractivity contribution in [2.75, 3.05) is 7.11 Å². The Labute approximate surface area is 105 Å². The summed E-state index contributed by atoms with van der Waals surface area (Å²) in [6, 6.07) is 8.08. The molecule has 2 nitrogen and oxygen atoms in total. The Morgan fingerprint density at radius 1 is 1.41 bits per heavy atom. The van der Waals surface area contributed by atoms with Crippen LogP contribution in [0.15, 0.2) is 30.3 Å². The topological polar surface area (TPSA) is 26.3 Å². The summed E-state index contributed by atoms with van der Waals surface area (Å²) in [6.45, 7) is 2.11. The van der Waals surface area contributed by atoms with Crippen LogP contribution in [0.1, 0.15) is 28.6 Å². The predicted molar refractivity (Wildman–Crippen MR) is 72.5 cm³/mol. The third-order valence-corrected chi connectivity index (χ3v) is 3.57. The van der Waals surface area contributed by atoms with Gasteiger partial charge in [-0.3, -0.25) is 0 Å². The molecule has 0 N–H and O–H groups in total. The summed E-state index contributed by atoms with van der Waals surface area (Å²) in [5, 5.41) is 1.09. The number of benzene rings is 1. The van der Waals surface area contributed by atoms with Gasteiger partial charge in [-0.15, -0.1) is 11.3 Å². The van der Waals surface area contributed by atoms with Gasteiger partial charge in [0.05, 0.1) is 7.11 Å². The molecule has 0 saturated carbocycles. The van der Waals surface area contributed by atoms with E-state index in [1.54, 1.807) is 0 Å². The van der Waals surface area contributed by atoms with E-state index in [1.165, 1.54) is 18.4 Å². The molecule has 0 aliphatic rings. The molecule has 0 unspecified atom stereocenters. The normalized spacial score (nSPS) is 11.2. The van der Waals surface area contributed by atoms with Crippen molar-refractivity contribution in [2.45, 2.75) is 13.3 Å². The maximum Gasteiger partial charge on any atom is 0.348 e. The Balaban J connectivity index is 2.40. The number of esters is 1. The van der Waals surface area contributed by atoms with Crippen LogP contribution in [0.25, 0.3) is 16.2 Å². The van der Waals surface area contributed by atoms with E-state index in [9.17, 15) is 4.79 Å². The van der Waals surface area contributed by atoms with Gasteiger partial charge < -0.3 is 4.74 Å². The summed E-state index contributed by atoms with van der Waals surface area (Å²) in [5.41, 5.74) is 1.16. The Bertz CT molecular complexity index is 567. The molecule has 0 aliphatic heterocycles. The summed E-state index contributed by atoms with van der Waals surface area (Å²) in [4.78, 5) is 12.1. The summed E-state index contributed by atoms with van der Waals surface area (Å²) in [5.74, 6) is -0.267. The van der Waals surface area contributed by atoms with Crippen LogP contribution in [0.2, 0.25) is 0 Å². The predicted octanol–water partition coefficient (Wildman–Crippen LogP) is 4.11. The Hall–Kier alpha value is -1.61. The molecular weight excluding hydrogens is 232 g/mol. The van der Waals surface area contributed by atoms with Crippen LogP contribution in [0, 0.1) is 0 Å². The highest BCUT2D eigenvalue weighted by atomic mass is 32.1. The van der Waals surface area contributed by atoms with Crippen molar-refractivity contribution in [2.24, 2.45) is 0 Å². The van der Waals surface area contributed by atoms with Crippen molar-refractivity contribution < 1.29 is 9.53 Å². The molecular formula is C14H14O2S. The SMILES string of the molecule is CC/C=C/c1ccc2sc(C(=O)OC)cc2c1. The van der Waals surface area contributed by atoms with Crippen LogP contribution in [0.5, 0.6) is 0 Å². The zero-order chi connectivity index (χ0) is 12.3. The van der Waals surface area contributed by atoms with E-state index in [1.807, 2.05) is 12.1 Å². The Kier molecular flexibility index (Phi) is 3.59. The van der Waals surface area contributed by atoms with Gasteiger partial charge in [0, 0.05) is 4.70 Å².